The summed E-state index contributed by atoms with van der Waals surface area (Å²) in [5.74, 6) is -0.642. The number of aromatic nitrogens is 1. The van der Waals surface area contributed by atoms with E-state index in [4.69, 9.17) is 10.8 Å². The average molecular weight is 277 g/mol. The molecule has 0 aliphatic rings. The lowest BCUT2D eigenvalue weighted by atomic mass is 10.1. The van der Waals surface area contributed by atoms with Gasteiger partial charge in [0.2, 0.25) is 0 Å². The molecule has 100 valence electrons. The zero-order valence-electron chi connectivity index (χ0n) is 10.5. The van der Waals surface area contributed by atoms with Gasteiger partial charge in [0, 0.05) is 6.04 Å². The Hall–Kier alpha value is -2.08. The number of nitrogens with two attached hydrogens (primary N) is 1. The van der Waals surface area contributed by atoms with Crippen LogP contribution in [-0.4, -0.2) is 22.1 Å². The largest absolute Gasteiger partial charge is 0.477 e. The van der Waals surface area contributed by atoms with Crippen LogP contribution in [0.15, 0.2) is 29.0 Å². The highest BCUT2D eigenvalue weighted by molar-refractivity contribution is 7.07. The SMILES string of the molecule is CC(Cc1ccsc1)Nc1nc(C(=O)O)ccc1N. The second kappa shape index (κ2) is 5.71. The summed E-state index contributed by atoms with van der Waals surface area (Å²) in [4.78, 5) is 14.9. The van der Waals surface area contributed by atoms with E-state index < -0.39 is 5.97 Å². The van der Waals surface area contributed by atoms with Crippen LogP contribution in [-0.2, 0) is 6.42 Å². The molecule has 19 heavy (non-hydrogen) atoms. The maximum Gasteiger partial charge on any atom is 0.354 e. The van der Waals surface area contributed by atoms with E-state index in [2.05, 4.69) is 21.7 Å². The number of hydrogen-bond acceptors (Lipinski definition) is 5. The van der Waals surface area contributed by atoms with E-state index in [1.165, 1.54) is 11.6 Å². The first kappa shape index (κ1) is 13.4. The summed E-state index contributed by atoms with van der Waals surface area (Å²) >= 11 is 1.65. The molecule has 5 nitrogen and oxygen atoms in total. The van der Waals surface area contributed by atoms with Crippen molar-refractivity contribution in [2.45, 2.75) is 19.4 Å². The van der Waals surface area contributed by atoms with Crippen molar-refractivity contribution in [2.75, 3.05) is 11.1 Å². The number of rotatable bonds is 5. The minimum atomic E-state index is -1.06. The Morgan fingerprint density at radius 1 is 1.53 bits per heavy atom. The fraction of sp³-hybridized carbons (Fsp3) is 0.231. The van der Waals surface area contributed by atoms with Gasteiger partial charge in [-0.1, -0.05) is 0 Å². The standard InChI is InChI=1S/C13H15N3O2S/c1-8(6-9-4-5-19-7-9)15-12-10(14)2-3-11(16-12)13(17)18/h2-5,7-8H,6,14H2,1H3,(H,15,16)(H,17,18). The van der Waals surface area contributed by atoms with Gasteiger partial charge in [0.25, 0.3) is 0 Å². The summed E-state index contributed by atoms with van der Waals surface area (Å²) in [5, 5.41) is 16.2. The number of carboxylic acids is 1. The summed E-state index contributed by atoms with van der Waals surface area (Å²) in [6.45, 7) is 2.01. The smallest absolute Gasteiger partial charge is 0.354 e. The molecule has 0 saturated heterocycles. The van der Waals surface area contributed by atoms with Crippen LogP contribution in [0.25, 0.3) is 0 Å². The minimum absolute atomic E-state index is 0.0144. The van der Waals surface area contributed by atoms with Crippen molar-refractivity contribution in [1.29, 1.82) is 0 Å². The van der Waals surface area contributed by atoms with Crippen LogP contribution in [0.5, 0.6) is 0 Å². The highest BCUT2D eigenvalue weighted by atomic mass is 32.1. The van der Waals surface area contributed by atoms with Gasteiger partial charge in [0.15, 0.2) is 5.69 Å². The highest BCUT2D eigenvalue weighted by Crippen LogP contribution is 2.18. The fourth-order valence-corrected chi connectivity index (χ4v) is 2.43. The molecule has 1 atom stereocenters. The van der Waals surface area contributed by atoms with Crippen molar-refractivity contribution in [1.82, 2.24) is 4.98 Å². The lowest BCUT2D eigenvalue weighted by Crippen LogP contribution is -2.20. The first-order valence-corrected chi connectivity index (χ1v) is 6.78. The van der Waals surface area contributed by atoms with Gasteiger partial charge >= 0.3 is 5.97 Å². The summed E-state index contributed by atoms with van der Waals surface area (Å²) < 4.78 is 0. The number of aromatic carboxylic acids is 1. The number of nitrogens with one attached hydrogen (secondary N) is 1. The van der Waals surface area contributed by atoms with Crippen molar-refractivity contribution < 1.29 is 9.90 Å². The third-order valence-corrected chi connectivity index (χ3v) is 3.38. The van der Waals surface area contributed by atoms with Crippen molar-refractivity contribution in [3.05, 3.63) is 40.2 Å². The van der Waals surface area contributed by atoms with Gasteiger partial charge in [0.05, 0.1) is 5.69 Å². The van der Waals surface area contributed by atoms with Crippen LogP contribution in [0.1, 0.15) is 23.0 Å². The second-order valence-electron chi connectivity index (χ2n) is 4.32. The van der Waals surface area contributed by atoms with Crippen LogP contribution < -0.4 is 11.1 Å². The first-order valence-electron chi connectivity index (χ1n) is 5.83. The summed E-state index contributed by atoms with van der Waals surface area (Å²) in [6, 6.07) is 5.13. The van der Waals surface area contributed by atoms with E-state index in [0.717, 1.165) is 6.42 Å². The predicted molar refractivity (Wildman–Crippen MR) is 76.7 cm³/mol. The van der Waals surface area contributed by atoms with Crippen LogP contribution >= 0.6 is 11.3 Å². The lowest BCUT2D eigenvalue weighted by molar-refractivity contribution is 0.0690. The van der Waals surface area contributed by atoms with E-state index in [1.807, 2.05) is 12.3 Å². The quantitative estimate of drug-likeness (QED) is 0.781. The van der Waals surface area contributed by atoms with Gasteiger partial charge in [-0.15, -0.1) is 0 Å². The minimum Gasteiger partial charge on any atom is -0.477 e. The molecular formula is C13H15N3O2S. The van der Waals surface area contributed by atoms with Crippen LogP contribution in [0.4, 0.5) is 11.5 Å². The lowest BCUT2D eigenvalue weighted by Gasteiger charge is -2.15. The number of nitrogen functional groups attached to an aromatic ring is 1. The Bertz CT molecular complexity index is 569. The number of anilines is 2. The molecule has 2 aromatic heterocycles. The monoisotopic (exact) mass is 277 g/mol. The topological polar surface area (TPSA) is 88.2 Å². The van der Waals surface area contributed by atoms with E-state index in [9.17, 15) is 4.79 Å². The van der Waals surface area contributed by atoms with E-state index >= 15 is 0 Å². The zero-order chi connectivity index (χ0) is 13.8. The molecule has 2 aromatic rings. The van der Waals surface area contributed by atoms with Crippen molar-refractivity contribution in [3.63, 3.8) is 0 Å². The number of hydrogen-bond donors (Lipinski definition) is 3. The molecule has 6 heteroatoms. The summed E-state index contributed by atoms with van der Waals surface area (Å²) in [5.41, 5.74) is 7.46. The van der Waals surface area contributed by atoms with Gasteiger partial charge in [-0.3, -0.25) is 0 Å². The Morgan fingerprint density at radius 2 is 2.32 bits per heavy atom. The van der Waals surface area contributed by atoms with E-state index in [-0.39, 0.29) is 11.7 Å². The second-order valence-corrected chi connectivity index (χ2v) is 5.10. The third kappa shape index (κ3) is 3.45. The molecule has 1 unspecified atom stereocenters. The summed E-state index contributed by atoms with van der Waals surface area (Å²) in [6.07, 6.45) is 0.835. The molecule has 0 amide bonds. The van der Waals surface area contributed by atoms with Crippen molar-refractivity contribution in [2.24, 2.45) is 0 Å². The number of pyridine rings is 1. The van der Waals surface area contributed by atoms with Gasteiger partial charge in [-0.25, -0.2) is 9.78 Å². The Balaban J connectivity index is 2.09. The molecule has 0 aliphatic heterocycles. The van der Waals surface area contributed by atoms with Gasteiger partial charge < -0.3 is 16.2 Å². The van der Waals surface area contributed by atoms with Gasteiger partial charge in [0.1, 0.15) is 5.82 Å². The molecule has 0 spiro atoms. The van der Waals surface area contributed by atoms with Crippen molar-refractivity contribution in [3.8, 4) is 0 Å². The third-order valence-electron chi connectivity index (χ3n) is 2.65. The van der Waals surface area contributed by atoms with Crippen molar-refractivity contribution >= 4 is 28.8 Å². The Kier molecular flexibility index (Phi) is 4.01. The number of nitrogens with zero attached hydrogens (tertiary/aromatic N) is 1. The van der Waals surface area contributed by atoms with Gasteiger partial charge in [-0.2, -0.15) is 11.3 Å². The highest BCUT2D eigenvalue weighted by Gasteiger charge is 2.11. The molecule has 0 bridgehead atoms. The molecule has 2 rings (SSSR count). The molecule has 4 N–H and O–H groups in total. The van der Waals surface area contributed by atoms with Crippen LogP contribution in [0.3, 0.4) is 0 Å². The molecule has 2 heterocycles. The molecule has 0 saturated carbocycles. The molecule has 0 aliphatic carbocycles. The number of carboxylic acid groups (broad SMARTS) is 1. The van der Waals surface area contributed by atoms with E-state index in [1.54, 1.807) is 17.4 Å². The normalized spacial score (nSPS) is 12.1. The molecule has 0 radical (unpaired) electrons. The Morgan fingerprint density at radius 3 is 2.95 bits per heavy atom. The average Bonchev–Trinajstić information content (AvgIpc) is 2.84. The first-order chi connectivity index (χ1) is 9.06. The van der Waals surface area contributed by atoms with Gasteiger partial charge in [-0.05, 0) is 47.9 Å². The number of thiophene rings is 1. The molecule has 0 aromatic carbocycles. The summed E-state index contributed by atoms with van der Waals surface area (Å²) in [7, 11) is 0. The molecule has 0 fully saturated rings. The predicted octanol–water partition coefficient (Wildman–Crippen LogP) is 2.47. The van der Waals surface area contributed by atoms with E-state index in [0.29, 0.717) is 11.5 Å². The maximum absolute atomic E-state index is 10.9. The van der Waals surface area contributed by atoms with Crippen LogP contribution in [0, 0.1) is 0 Å². The Labute approximate surface area is 115 Å². The fourth-order valence-electron chi connectivity index (χ4n) is 1.75. The molecular weight excluding hydrogens is 262 g/mol. The maximum atomic E-state index is 10.9. The zero-order valence-corrected chi connectivity index (χ0v) is 11.3. The van der Waals surface area contributed by atoms with Crippen LogP contribution in [0.2, 0.25) is 0 Å². The number of carbonyl (C=O) groups is 1.